The van der Waals surface area contributed by atoms with Crippen molar-refractivity contribution in [2.24, 2.45) is 5.92 Å². The van der Waals surface area contributed by atoms with Gasteiger partial charge in [0.05, 0.1) is 0 Å². The maximum atomic E-state index is 10.2. The van der Waals surface area contributed by atoms with Crippen LogP contribution in [0.1, 0.15) is 27.2 Å². The van der Waals surface area contributed by atoms with Crippen LogP contribution in [0.2, 0.25) is 0 Å². The molecule has 0 aliphatic carbocycles. The summed E-state index contributed by atoms with van der Waals surface area (Å²) in [5.41, 5.74) is 0. The van der Waals surface area contributed by atoms with Crippen LogP contribution in [-0.4, -0.2) is 14.8 Å². The predicted molar refractivity (Wildman–Crippen MR) is 42.8 cm³/mol. The monoisotopic (exact) mass is 165 g/mol. The highest BCUT2D eigenvalue weighted by Crippen LogP contribution is 2.06. The maximum absolute atomic E-state index is 10.2. The summed E-state index contributed by atoms with van der Waals surface area (Å²) in [4.78, 5) is 0. The Hall–Kier alpha value is 0.0700. The quantitative estimate of drug-likeness (QED) is 0.614. The Morgan fingerprint density at radius 3 is 2.40 bits per heavy atom. The van der Waals surface area contributed by atoms with Gasteiger partial charge in [-0.15, -0.1) is 0 Å². The van der Waals surface area contributed by atoms with Gasteiger partial charge in [-0.3, -0.25) is 4.55 Å². The van der Waals surface area contributed by atoms with Crippen LogP contribution in [0, 0.1) is 5.92 Å². The molecule has 0 radical (unpaired) electrons. The van der Waals surface area contributed by atoms with Gasteiger partial charge >= 0.3 is 0 Å². The van der Waals surface area contributed by atoms with E-state index in [1.54, 1.807) is 0 Å². The molecule has 0 saturated heterocycles. The average molecular weight is 165 g/mol. The van der Waals surface area contributed by atoms with Crippen LogP contribution in [0.25, 0.3) is 0 Å². The first-order chi connectivity index (χ1) is 4.57. The third-order valence-electron chi connectivity index (χ3n) is 1.78. The first-order valence-electron chi connectivity index (χ1n) is 3.45. The van der Waals surface area contributed by atoms with Crippen molar-refractivity contribution in [2.45, 2.75) is 33.2 Å². The van der Waals surface area contributed by atoms with E-state index in [4.69, 9.17) is 4.55 Å². The number of nitrogens with one attached hydrogen (secondary N) is 1. The third kappa shape index (κ3) is 3.98. The molecule has 0 aromatic rings. The van der Waals surface area contributed by atoms with Crippen molar-refractivity contribution in [3.8, 4) is 0 Å². The topological polar surface area (TPSA) is 49.3 Å². The summed E-state index contributed by atoms with van der Waals surface area (Å²) in [6.07, 6.45) is 1.02. The zero-order valence-corrected chi connectivity index (χ0v) is 7.44. The van der Waals surface area contributed by atoms with Gasteiger partial charge < -0.3 is 0 Å². The summed E-state index contributed by atoms with van der Waals surface area (Å²) in [5, 5.41) is 0. The van der Waals surface area contributed by atoms with Crippen LogP contribution in [0.5, 0.6) is 0 Å². The van der Waals surface area contributed by atoms with Gasteiger partial charge in [0.1, 0.15) is 0 Å². The van der Waals surface area contributed by atoms with Crippen molar-refractivity contribution in [3.05, 3.63) is 0 Å². The zero-order chi connectivity index (χ0) is 8.15. The molecule has 62 valence electrons. The Morgan fingerprint density at radius 2 is 2.10 bits per heavy atom. The van der Waals surface area contributed by atoms with E-state index in [2.05, 4.69) is 11.6 Å². The minimum atomic E-state index is -1.87. The molecule has 0 spiro atoms. The molecule has 3 unspecified atom stereocenters. The van der Waals surface area contributed by atoms with Crippen LogP contribution in [0.15, 0.2) is 0 Å². The highest BCUT2D eigenvalue weighted by molar-refractivity contribution is 7.77. The SMILES string of the molecule is CCC(C)C(C)NS(=O)O. The zero-order valence-electron chi connectivity index (χ0n) is 6.63. The smallest absolute Gasteiger partial charge is 0.231 e. The fourth-order valence-electron chi connectivity index (χ4n) is 0.629. The van der Waals surface area contributed by atoms with Crippen LogP contribution in [0.3, 0.4) is 0 Å². The summed E-state index contributed by atoms with van der Waals surface area (Å²) < 4.78 is 21.2. The minimum Gasteiger partial charge on any atom is -0.294 e. The Bertz CT molecular complexity index is 118. The second kappa shape index (κ2) is 4.82. The largest absolute Gasteiger partial charge is 0.294 e. The molecule has 10 heavy (non-hydrogen) atoms. The van der Waals surface area contributed by atoms with Crippen LogP contribution >= 0.6 is 0 Å². The van der Waals surface area contributed by atoms with Gasteiger partial charge in [-0.05, 0) is 12.8 Å². The van der Waals surface area contributed by atoms with E-state index in [9.17, 15) is 4.21 Å². The van der Waals surface area contributed by atoms with Gasteiger partial charge in [0.15, 0.2) is 0 Å². The van der Waals surface area contributed by atoms with E-state index in [-0.39, 0.29) is 6.04 Å². The molecule has 0 aromatic carbocycles. The van der Waals surface area contributed by atoms with E-state index in [0.717, 1.165) is 6.42 Å². The summed E-state index contributed by atoms with van der Waals surface area (Å²) in [6.45, 7) is 6.01. The van der Waals surface area contributed by atoms with Crippen molar-refractivity contribution in [1.82, 2.24) is 4.72 Å². The number of rotatable bonds is 4. The van der Waals surface area contributed by atoms with E-state index >= 15 is 0 Å². The van der Waals surface area contributed by atoms with Gasteiger partial charge in [-0.25, -0.2) is 8.93 Å². The van der Waals surface area contributed by atoms with Gasteiger partial charge in [-0.2, -0.15) is 0 Å². The lowest BCUT2D eigenvalue weighted by Gasteiger charge is -2.16. The van der Waals surface area contributed by atoms with E-state index < -0.39 is 11.3 Å². The molecule has 0 saturated carbocycles. The summed E-state index contributed by atoms with van der Waals surface area (Å²) in [5.74, 6) is 0.441. The van der Waals surface area contributed by atoms with Gasteiger partial charge in [0, 0.05) is 6.04 Å². The highest BCUT2D eigenvalue weighted by Gasteiger charge is 2.10. The van der Waals surface area contributed by atoms with Crippen LogP contribution in [0.4, 0.5) is 0 Å². The molecule has 0 heterocycles. The molecule has 2 N–H and O–H groups in total. The highest BCUT2D eigenvalue weighted by atomic mass is 32.2. The Morgan fingerprint density at radius 1 is 1.60 bits per heavy atom. The second-order valence-corrected chi connectivity index (χ2v) is 3.28. The number of hydrogen-bond donors (Lipinski definition) is 2. The molecule has 3 nitrogen and oxygen atoms in total. The predicted octanol–water partition coefficient (Wildman–Crippen LogP) is 1.15. The van der Waals surface area contributed by atoms with Crippen molar-refractivity contribution >= 4 is 11.3 Å². The maximum Gasteiger partial charge on any atom is 0.231 e. The first kappa shape index (κ1) is 10.1. The third-order valence-corrected chi connectivity index (χ3v) is 2.36. The molecular weight excluding hydrogens is 150 g/mol. The molecule has 4 heteroatoms. The van der Waals surface area contributed by atoms with Crippen molar-refractivity contribution in [1.29, 1.82) is 0 Å². The fourth-order valence-corrected chi connectivity index (χ4v) is 1.18. The Kier molecular flexibility index (Phi) is 4.85. The standard InChI is InChI=1S/C6H15NO2S/c1-4-5(2)6(3)7-10(8)9/h5-7H,4H2,1-3H3,(H,8,9). The summed E-state index contributed by atoms with van der Waals surface area (Å²) in [7, 11) is 0. The van der Waals surface area contributed by atoms with Gasteiger partial charge in [0.25, 0.3) is 0 Å². The molecule has 3 atom stereocenters. The molecular formula is C6H15NO2S. The van der Waals surface area contributed by atoms with Crippen molar-refractivity contribution in [3.63, 3.8) is 0 Å². The Labute approximate surface area is 64.6 Å². The summed E-state index contributed by atoms with van der Waals surface area (Å²) >= 11 is -1.87. The lowest BCUT2D eigenvalue weighted by molar-refractivity contribution is 0.428. The lowest BCUT2D eigenvalue weighted by atomic mass is 10.0. The molecule has 0 aliphatic heterocycles. The lowest BCUT2D eigenvalue weighted by Crippen LogP contribution is -2.32. The van der Waals surface area contributed by atoms with Gasteiger partial charge in [0.2, 0.25) is 11.3 Å². The van der Waals surface area contributed by atoms with Crippen LogP contribution < -0.4 is 4.72 Å². The normalized spacial score (nSPS) is 20.0. The van der Waals surface area contributed by atoms with E-state index in [1.807, 2.05) is 13.8 Å². The van der Waals surface area contributed by atoms with Crippen molar-refractivity contribution < 1.29 is 8.76 Å². The average Bonchev–Trinajstić information content (AvgIpc) is 1.85. The molecule has 0 rings (SSSR count). The summed E-state index contributed by atoms with van der Waals surface area (Å²) in [6, 6.07) is 0.107. The second-order valence-electron chi connectivity index (χ2n) is 2.54. The number of hydrogen-bond acceptors (Lipinski definition) is 1. The minimum absolute atomic E-state index is 0.107. The van der Waals surface area contributed by atoms with Crippen LogP contribution in [-0.2, 0) is 11.3 Å². The molecule has 0 aromatic heterocycles. The van der Waals surface area contributed by atoms with E-state index in [1.165, 1.54) is 0 Å². The molecule has 0 bridgehead atoms. The molecule has 0 aliphatic rings. The Balaban J connectivity index is 3.61. The van der Waals surface area contributed by atoms with Gasteiger partial charge in [-0.1, -0.05) is 20.3 Å². The molecule has 0 fully saturated rings. The van der Waals surface area contributed by atoms with Crippen molar-refractivity contribution in [2.75, 3.05) is 0 Å². The van der Waals surface area contributed by atoms with E-state index in [0.29, 0.717) is 5.92 Å². The first-order valence-corrected chi connectivity index (χ1v) is 4.55. The fraction of sp³-hybridized carbons (Fsp3) is 1.00. The molecule has 0 amide bonds.